The topological polar surface area (TPSA) is 56.1 Å². The zero-order valence-electron chi connectivity index (χ0n) is 10.2. The minimum Gasteiger partial charge on any atom is -0.355 e. The van der Waals surface area contributed by atoms with Gasteiger partial charge in [-0.1, -0.05) is 13.8 Å². The lowest BCUT2D eigenvalue weighted by Gasteiger charge is -2.30. The van der Waals surface area contributed by atoms with E-state index in [0.717, 1.165) is 25.8 Å². The summed E-state index contributed by atoms with van der Waals surface area (Å²) in [5.74, 6) is 0.507. The standard InChI is InChI=1S/C12H21N3O/c1-10(2)8-14-12(16)9-15-6-4-3-5-11(15)7-13/h10-11H,3-6,8-9H2,1-2H3,(H,14,16). The Bertz CT molecular complexity index is 270. The van der Waals surface area contributed by atoms with Gasteiger partial charge in [0.05, 0.1) is 18.7 Å². The van der Waals surface area contributed by atoms with Crippen molar-refractivity contribution < 1.29 is 4.79 Å². The Hall–Kier alpha value is -1.08. The van der Waals surface area contributed by atoms with Gasteiger partial charge in [0.25, 0.3) is 0 Å². The number of nitriles is 1. The van der Waals surface area contributed by atoms with Crippen LogP contribution in [0.2, 0.25) is 0 Å². The van der Waals surface area contributed by atoms with Crippen molar-refractivity contribution in [1.82, 2.24) is 10.2 Å². The molecule has 0 aromatic heterocycles. The molecule has 0 saturated carbocycles. The van der Waals surface area contributed by atoms with Gasteiger partial charge in [-0.3, -0.25) is 9.69 Å². The van der Waals surface area contributed by atoms with Crippen molar-refractivity contribution in [3.05, 3.63) is 0 Å². The molecule has 0 spiro atoms. The van der Waals surface area contributed by atoms with Gasteiger partial charge in [-0.25, -0.2) is 0 Å². The third kappa shape index (κ3) is 4.19. The van der Waals surface area contributed by atoms with Crippen molar-refractivity contribution in [3.8, 4) is 6.07 Å². The van der Waals surface area contributed by atoms with Gasteiger partial charge in [0.1, 0.15) is 0 Å². The predicted octanol–water partition coefficient (Wildman–Crippen LogP) is 1.14. The van der Waals surface area contributed by atoms with E-state index in [0.29, 0.717) is 19.0 Å². The molecule has 1 fully saturated rings. The number of nitrogens with zero attached hydrogens (tertiary/aromatic N) is 2. The maximum absolute atomic E-state index is 11.6. The molecule has 1 N–H and O–H groups in total. The minimum atomic E-state index is -0.0708. The van der Waals surface area contributed by atoms with E-state index in [9.17, 15) is 4.79 Å². The number of piperidine rings is 1. The number of likely N-dealkylation sites (tertiary alicyclic amines) is 1. The Morgan fingerprint density at radius 3 is 2.94 bits per heavy atom. The number of carbonyl (C=O) groups is 1. The lowest BCUT2D eigenvalue weighted by Crippen LogP contribution is -2.45. The first-order chi connectivity index (χ1) is 7.63. The summed E-state index contributed by atoms with van der Waals surface area (Å²) < 4.78 is 0. The summed E-state index contributed by atoms with van der Waals surface area (Å²) in [5.41, 5.74) is 0. The van der Waals surface area contributed by atoms with Gasteiger partial charge in [-0.15, -0.1) is 0 Å². The van der Waals surface area contributed by atoms with Crippen LogP contribution in [-0.4, -0.2) is 36.5 Å². The van der Waals surface area contributed by atoms with Crippen molar-refractivity contribution in [3.63, 3.8) is 0 Å². The largest absolute Gasteiger partial charge is 0.355 e. The quantitative estimate of drug-likeness (QED) is 0.777. The molecule has 0 aliphatic carbocycles. The minimum absolute atomic E-state index is 0.0378. The molecule has 1 aliphatic heterocycles. The monoisotopic (exact) mass is 223 g/mol. The van der Waals surface area contributed by atoms with Crippen molar-refractivity contribution in [2.45, 2.75) is 39.2 Å². The zero-order chi connectivity index (χ0) is 12.0. The molecule has 1 heterocycles. The fourth-order valence-corrected chi connectivity index (χ4v) is 1.88. The van der Waals surface area contributed by atoms with Gasteiger partial charge >= 0.3 is 0 Å². The van der Waals surface area contributed by atoms with Gasteiger partial charge < -0.3 is 5.32 Å². The first-order valence-electron chi connectivity index (χ1n) is 6.04. The Morgan fingerprint density at radius 1 is 1.56 bits per heavy atom. The maximum atomic E-state index is 11.6. The van der Waals surface area contributed by atoms with E-state index >= 15 is 0 Å². The number of amides is 1. The van der Waals surface area contributed by atoms with E-state index in [-0.39, 0.29) is 11.9 Å². The van der Waals surface area contributed by atoms with Crippen molar-refractivity contribution in [2.75, 3.05) is 19.6 Å². The lowest BCUT2D eigenvalue weighted by molar-refractivity contribution is -0.123. The second-order valence-electron chi connectivity index (χ2n) is 4.81. The number of hydrogen-bond donors (Lipinski definition) is 1. The first kappa shape index (κ1) is 13.0. The SMILES string of the molecule is CC(C)CNC(=O)CN1CCCCC1C#N. The first-order valence-corrected chi connectivity index (χ1v) is 6.04. The lowest BCUT2D eigenvalue weighted by atomic mass is 10.0. The Balaban J connectivity index is 2.34. The van der Waals surface area contributed by atoms with Crippen LogP contribution in [-0.2, 0) is 4.79 Å². The molecular formula is C12H21N3O. The highest BCUT2D eigenvalue weighted by molar-refractivity contribution is 5.78. The van der Waals surface area contributed by atoms with Gasteiger partial charge in [0.15, 0.2) is 0 Å². The predicted molar refractivity (Wildman–Crippen MR) is 62.7 cm³/mol. The summed E-state index contributed by atoms with van der Waals surface area (Å²) in [6.45, 7) is 6.08. The van der Waals surface area contributed by atoms with E-state index in [4.69, 9.17) is 5.26 Å². The van der Waals surface area contributed by atoms with E-state index in [1.165, 1.54) is 0 Å². The van der Waals surface area contributed by atoms with Crippen LogP contribution in [0, 0.1) is 17.2 Å². The average Bonchev–Trinajstić information content (AvgIpc) is 2.27. The van der Waals surface area contributed by atoms with Crippen LogP contribution in [0.5, 0.6) is 0 Å². The van der Waals surface area contributed by atoms with E-state index < -0.39 is 0 Å². The van der Waals surface area contributed by atoms with Crippen molar-refractivity contribution in [2.24, 2.45) is 5.92 Å². The van der Waals surface area contributed by atoms with Crippen LogP contribution < -0.4 is 5.32 Å². The van der Waals surface area contributed by atoms with E-state index in [1.807, 2.05) is 4.90 Å². The van der Waals surface area contributed by atoms with Gasteiger partial charge in [0.2, 0.25) is 5.91 Å². The third-order valence-electron chi connectivity index (χ3n) is 2.82. The summed E-state index contributed by atoms with van der Waals surface area (Å²) in [5, 5.41) is 11.9. The molecule has 0 aromatic carbocycles. The number of rotatable bonds is 4. The summed E-state index contributed by atoms with van der Waals surface area (Å²) >= 11 is 0. The molecule has 1 amide bonds. The Labute approximate surface area is 97.6 Å². The van der Waals surface area contributed by atoms with Crippen LogP contribution in [0.15, 0.2) is 0 Å². The molecule has 1 unspecified atom stereocenters. The summed E-state index contributed by atoms with van der Waals surface area (Å²) in [4.78, 5) is 13.6. The van der Waals surface area contributed by atoms with E-state index in [2.05, 4.69) is 25.2 Å². The molecule has 4 heteroatoms. The highest BCUT2D eigenvalue weighted by Crippen LogP contribution is 2.15. The summed E-state index contributed by atoms with van der Waals surface area (Å²) in [7, 11) is 0. The average molecular weight is 223 g/mol. The van der Waals surface area contributed by atoms with E-state index in [1.54, 1.807) is 0 Å². The molecular weight excluding hydrogens is 202 g/mol. The molecule has 90 valence electrons. The van der Waals surface area contributed by atoms with Crippen molar-refractivity contribution in [1.29, 1.82) is 5.26 Å². The highest BCUT2D eigenvalue weighted by atomic mass is 16.2. The van der Waals surface area contributed by atoms with Crippen LogP contribution in [0.25, 0.3) is 0 Å². The molecule has 4 nitrogen and oxygen atoms in total. The maximum Gasteiger partial charge on any atom is 0.234 e. The number of nitrogens with one attached hydrogen (secondary N) is 1. The number of carbonyl (C=O) groups excluding carboxylic acids is 1. The fraction of sp³-hybridized carbons (Fsp3) is 0.833. The molecule has 0 radical (unpaired) electrons. The molecule has 0 bridgehead atoms. The molecule has 16 heavy (non-hydrogen) atoms. The highest BCUT2D eigenvalue weighted by Gasteiger charge is 2.23. The summed E-state index contributed by atoms with van der Waals surface area (Å²) in [6, 6.07) is 2.20. The Morgan fingerprint density at radius 2 is 2.31 bits per heavy atom. The summed E-state index contributed by atoms with van der Waals surface area (Å²) in [6.07, 6.45) is 3.09. The number of hydrogen-bond acceptors (Lipinski definition) is 3. The van der Waals surface area contributed by atoms with Gasteiger partial charge in [0, 0.05) is 6.54 Å². The van der Waals surface area contributed by atoms with Gasteiger partial charge in [-0.05, 0) is 31.7 Å². The van der Waals surface area contributed by atoms with Crippen molar-refractivity contribution >= 4 is 5.91 Å². The Kier molecular flexibility index (Phi) is 5.27. The van der Waals surface area contributed by atoms with Crippen LogP contribution >= 0.6 is 0 Å². The zero-order valence-corrected chi connectivity index (χ0v) is 10.2. The molecule has 1 saturated heterocycles. The van der Waals surface area contributed by atoms with Crippen LogP contribution in [0.1, 0.15) is 33.1 Å². The van der Waals surface area contributed by atoms with Gasteiger partial charge in [-0.2, -0.15) is 5.26 Å². The molecule has 0 aromatic rings. The molecule has 1 aliphatic rings. The smallest absolute Gasteiger partial charge is 0.234 e. The normalized spacial score (nSPS) is 21.8. The van der Waals surface area contributed by atoms with Crippen LogP contribution in [0.3, 0.4) is 0 Å². The third-order valence-corrected chi connectivity index (χ3v) is 2.82. The molecule has 1 atom stereocenters. The second-order valence-corrected chi connectivity index (χ2v) is 4.81. The fourth-order valence-electron chi connectivity index (χ4n) is 1.88. The second kappa shape index (κ2) is 6.49. The molecule has 1 rings (SSSR count). The van der Waals surface area contributed by atoms with Crippen LogP contribution in [0.4, 0.5) is 0 Å².